The molecule has 1 aliphatic heterocycles. The van der Waals surface area contributed by atoms with Crippen molar-refractivity contribution in [2.24, 2.45) is 0 Å². The summed E-state index contributed by atoms with van der Waals surface area (Å²) in [5.41, 5.74) is -3.27. The summed E-state index contributed by atoms with van der Waals surface area (Å²) >= 11 is 0. The van der Waals surface area contributed by atoms with E-state index in [4.69, 9.17) is 14.2 Å². The molecule has 2 aromatic carbocycles. The fourth-order valence-corrected chi connectivity index (χ4v) is 4.20. The molecule has 1 aliphatic rings. The van der Waals surface area contributed by atoms with Gasteiger partial charge in [-0.1, -0.05) is 6.07 Å². The van der Waals surface area contributed by atoms with Crippen LogP contribution in [0.2, 0.25) is 0 Å². The van der Waals surface area contributed by atoms with Gasteiger partial charge in [0.2, 0.25) is 0 Å². The Morgan fingerprint density at radius 1 is 1.00 bits per heavy atom. The Bertz CT molecular complexity index is 1070. The fraction of sp³-hybridized carbons (Fsp3) is 0.417. The maximum absolute atomic E-state index is 13.3. The lowest BCUT2D eigenvalue weighted by Gasteiger charge is -2.39. The number of benzene rings is 2. The SMILES string of the molecule is COc1ccc(C[C@@H]2C[C@@H](OC=O)CCN2C(=O)c2cc(C(F)(F)F)cc(C(F)(F)F)c2)c(OC)c1. The van der Waals surface area contributed by atoms with E-state index in [1.165, 1.54) is 19.1 Å². The Hall–Kier alpha value is -3.44. The minimum absolute atomic E-state index is 0.0271. The van der Waals surface area contributed by atoms with Crippen molar-refractivity contribution in [3.05, 3.63) is 58.7 Å². The molecule has 0 unspecified atom stereocenters. The second kappa shape index (κ2) is 10.7. The third-order valence-electron chi connectivity index (χ3n) is 5.96. The van der Waals surface area contributed by atoms with Crippen molar-refractivity contribution in [2.75, 3.05) is 20.8 Å². The Kier molecular flexibility index (Phi) is 8.05. The van der Waals surface area contributed by atoms with Crippen LogP contribution in [-0.4, -0.2) is 50.2 Å². The monoisotopic (exact) mass is 519 g/mol. The summed E-state index contributed by atoms with van der Waals surface area (Å²) in [6.07, 6.45) is -10.3. The van der Waals surface area contributed by atoms with Crippen LogP contribution in [0.3, 0.4) is 0 Å². The first-order valence-electron chi connectivity index (χ1n) is 10.8. The van der Waals surface area contributed by atoms with E-state index in [2.05, 4.69) is 0 Å². The summed E-state index contributed by atoms with van der Waals surface area (Å²) in [6.45, 7) is 0.216. The van der Waals surface area contributed by atoms with Crippen molar-refractivity contribution in [1.29, 1.82) is 0 Å². The van der Waals surface area contributed by atoms with Crippen LogP contribution >= 0.6 is 0 Å². The molecule has 3 rings (SSSR count). The molecule has 2 atom stereocenters. The van der Waals surface area contributed by atoms with E-state index in [1.54, 1.807) is 18.2 Å². The number of nitrogens with zero attached hydrogens (tertiary/aromatic N) is 1. The molecule has 2 aromatic rings. The molecule has 6 nitrogen and oxygen atoms in total. The number of methoxy groups -OCH3 is 2. The van der Waals surface area contributed by atoms with E-state index >= 15 is 0 Å². The van der Waals surface area contributed by atoms with Crippen molar-refractivity contribution >= 4 is 12.4 Å². The third-order valence-corrected chi connectivity index (χ3v) is 5.96. The van der Waals surface area contributed by atoms with E-state index in [0.29, 0.717) is 29.2 Å². The summed E-state index contributed by atoms with van der Waals surface area (Å²) in [4.78, 5) is 25.4. The van der Waals surface area contributed by atoms with E-state index < -0.39 is 47.1 Å². The number of hydrogen-bond acceptors (Lipinski definition) is 5. The highest BCUT2D eigenvalue weighted by Crippen LogP contribution is 2.37. The molecule has 0 aromatic heterocycles. The molecule has 0 aliphatic carbocycles. The summed E-state index contributed by atoms with van der Waals surface area (Å²) in [6, 6.07) is 5.02. The molecule has 1 saturated heterocycles. The molecular formula is C24H23F6NO5. The van der Waals surface area contributed by atoms with Crippen LogP contribution < -0.4 is 9.47 Å². The molecule has 0 saturated carbocycles. The quantitative estimate of drug-likeness (QED) is 0.375. The topological polar surface area (TPSA) is 65.1 Å². The lowest BCUT2D eigenvalue weighted by Crippen LogP contribution is -2.49. The van der Waals surface area contributed by atoms with Crippen LogP contribution in [0.1, 0.15) is 39.9 Å². The first kappa shape index (κ1) is 27.2. The number of ether oxygens (including phenoxy) is 3. The van der Waals surface area contributed by atoms with Crippen LogP contribution in [0, 0.1) is 0 Å². The van der Waals surface area contributed by atoms with Crippen LogP contribution in [0.4, 0.5) is 26.3 Å². The standard InChI is InChI=1S/C24H23F6NO5/c1-34-19-4-3-14(21(12-19)35-2)9-18-11-20(36-13-32)5-6-31(18)22(33)15-7-16(23(25,26)27)10-17(8-15)24(28,29)30/h3-4,7-8,10,12-13,18,20H,5-6,9,11H2,1-2H3/t18-,20+/m1/s1. The Morgan fingerprint density at radius 2 is 1.64 bits per heavy atom. The van der Waals surface area contributed by atoms with Crippen LogP contribution in [0.5, 0.6) is 11.5 Å². The predicted molar refractivity (Wildman–Crippen MR) is 115 cm³/mol. The lowest BCUT2D eigenvalue weighted by atomic mass is 9.92. The Balaban J connectivity index is 2.00. The summed E-state index contributed by atoms with van der Waals surface area (Å²) in [5, 5.41) is 0. The summed E-state index contributed by atoms with van der Waals surface area (Å²) in [5.74, 6) is -0.0785. The lowest BCUT2D eigenvalue weighted by molar-refractivity contribution is -0.143. The molecule has 36 heavy (non-hydrogen) atoms. The van der Waals surface area contributed by atoms with Crippen molar-refractivity contribution in [3.8, 4) is 11.5 Å². The number of alkyl halides is 6. The smallest absolute Gasteiger partial charge is 0.416 e. The number of rotatable bonds is 7. The average molecular weight is 519 g/mol. The molecule has 196 valence electrons. The van der Waals surface area contributed by atoms with Crippen LogP contribution in [-0.2, 0) is 28.3 Å². The maximum Gasteiger partial charge on any atom is 0.416 e. The molecule has 0 spiro atoms. The number of halogens is 6. The van der Waals surface area contributed by atoms with Crippen molar-refractivity contribution < 1.29 is 50.1 Å². The van der Waals surface area contributed by atoms with E-state index in [1.807, 2.05) is 0 Å². The minimum atomic E-state index is -5.09. The minimum Gasteiger partial charge on any atom is -0.497 e. The fourth-order valence-electron chi connectivity index (χ4n) is 4.20. The van der Waals surface area contributed by atoms with Gasteiger partial charge in [-0.15, -0.1) is 0 Å². The zero-order chi connectivity index (χ0) is 26.7. The second-order valence-corrected chi connectivity index (χ2v) is 8.21. The highest BCUT2D eigenvalue weighted by Gasteiger charge is 2.39. The molecule has 12 heteroatoms. The molecule has 1 heterocycles. The van der Waals surface area contributed by atoms with Crippen LogP contribution in [0.25, 0.3) is 0 Å². The number of hydrogen-bond donors (Lipinski definition) is 0. The largest absolute Gasteiger partial charge is 0.497 e. The van der Waals surface area contributed by atoms with Gasteiger partial charge in [0.25, 0.3) is 12.4 Å². The number of carbonyl (C=O) groups excluding carboxylic acids is 2. The van der Waals surface area contributed by atoms with Gasteiger partial charge in [0.05, 0.1) is 25.3 Å². The second-order valence-electron chi connectivity index (χ2n) is 8.21. The van der Waals surface area contributed by atoms with Crippen molar-refractivity contribution in [3.63, 3.8) is 0 Å². The summed E-state index contributed by atoms with van der Waals surface area (Å²) < 4.78 is 95.5. The van der Waals surface area contributed by atoms with Gasteiger partial charge in [-0.2, -0.15) is 26.3 Å². The Labute approximate surface area is 202 Å². The number of amides is 1. The normalized spacial score (nSPS) is 18.5. The molecule has 1 amide bonds. The average Bonchev–Trinajstić information content (AvgIpc) is 2.83. The van der Waals surface area contributed by atoms with Gasteiger partial charge in [0, 0.05) is 37.1 Å². The van der Waals surface area contributed by atoms with Gasteiger partial charge < -0.3 is 19.1 Å². The predicted octanol–water partition coefficient (Wildman–Crippen LogP) is 5.13. The van der Waals surface area contributed by atoms with Gasteiger partial charge in [-0.05, 0) is 36.2 Å². The molecule has 0 radical (unpaired) electrons. The highest BCUT2D eigenvalue weighted by atomic mass is 19.4. The molecular weight excluding hydrogens is 496 g/mol. The zero-order valence-corrected chi connectivity index (χ0v) is 19.3. The van der Waals surface area contributed by atoms with Crippen molar-refractivity contribution in [1.82, 2.24) is 4.90 Å². The summed E-state index contributed by atoms with van der Waals surface area (Å²) in [7, 11) is 2.88. The van der Waals surface area contributed by atoms with E-state index in [9.17, 15) is 35.9 Å². The van der Waals surface area contributed by atoms with Gasteiger partial charge in [-0.25, -0.2) is 0 Å². The maximum atomic E-state index is 13.3. The number of likely N-dealkylation sites (tertiary alicyclic amines) is 1. The molecule has 0 N–H and O–H groups in total. The van der Waals surface area contributed by atoms with E-state index in [-0.39, 0.29) is 38.3 Å². The van der Waals surface area contributed by atoms with Gasteiger partial charge in [0.1, 0.15) is 17.6 Å². The zero-order valence-electron chi connectivity index (χ0n) is 19.3. The number of piperidine rings is 1. The van der Waals surface area contributed by atoms with Gasteiger partial charge in [-0.3, -0.25) is 9.59 Å². The first-order chi connectivity index (χ1) is 16.9. The van der Waals surface area contributed by atoms with Gasteiger partial charge >= 0.3 is 12.4 Å². The third kappa shape index (κ3) is 6.21. The van der Waals surface area contributed by atoms with Crippen LogP contribution in [0.15, 0.2) is 36.4 Å². The Morgan fingerprint density at radius 3 is 2.17 bits per heavy atom. The number of carbonyl (C=O) groups is 2. The first-order valence-corrected chi connectivity index (χ1v) is 10.8. The van der Waals surface area contributed by atoms with Crippen molar-refractivity contribution in [2.45, 2.75) is 43.8 Å². The van der Waals surface area contributed by atoms with Gasteiger partial charge in [0.15, 0.2) is 0 Å². The molecule has 1 fully saturated rings. The highest BCUT2D eigenvalue weighted by molar-refractivity contribution is 5.95. The van der Waals surface area contributed by atoms with E-state index in [0.717, 1.165) is 0 Å². The molecule has 0 bridgehead atoms.